The lowest BCUT2D eigenvalue weighted by atomic mass is 9.80. The predicted octanol–water partition coefficient (Wildman–Crippen LogP) is 1.81. The lowest BCUT2D eigenvalue weighted by Crippen LogP contribution is -2.30. The fourth-order valence-corrected chi connectivity index (χ4v) is 2.25. The first-order valence-corrected chi connectivity index (χ1v) is 8.34. The van der Waals surface area contributed by atoms with Gasteiger partial charge in [-0.3, -0.25) is 0 Å². The van der Waals surface area contributed by atoms with Crippen molar-refractivity contribution in [3.63, 3.8) is 0 Å². The monoisotopic (exact) mass is 362 g/mol. The van der Waals surface area contributed by atoms with Crippen molar-refractivity contribution in [3.8, 4) is 17.5 Å². The molecule has 3 N–H and O–H groups in total. The molecule has 2 rings (SSSR count). The molecule has 0 fully saturated rings. The van der Waals surface area contributed by atoms with Crippen molar-refractivity contribution in [2.75, 3.05) is 14.2 Å². The van der Waals surface area contributed by atoms with E-state index in [0.29, 0.717) is 23.1 Å². The highest BCUT2D eigenvalue weighted by Gasteiger charge is 2.16. The summed E-state index contributed by atoms with van der Waals surface area (Å²) in [6, 6.07) is 3.37. The van der Waals surface area contributed by atoms with Gasteiger partial charge in [-0.1, -0.05) is 33.8 Å². The van der Waals surface area contributed by atoms with E-state index in [9.17, 15) is 0 Å². The van der Waals surface area contributed by atoms with Crippen LogP contribution in [-0.2, 0) is 0 Å². The molecule has 0 radical (unpaired) electrons. The van der Waals surface area contributed by atoms with Gasteiger partial charge in [-0.25, -0.2) is 9.97 Å². The van der Waals surface area contributed by atoms with Crippen LogP contribution in [0.3, 0.4) is 0 Å². The van der Waals surface area contributed by atoms with Crippen molar-refractivity contribution >= 4 is 12.6 Å². The second kappa shape index (κ2) is 9.99. The summed E-state index contributed by atoms with van der Waals surface area (Å²) < 4.78 is 10.1. The summed E-state index contributed by atoms with van der Waals surface area (Å²) in [5.41, 5.74) is 2.19. The van der Waals surface area contributed by atoms with E-state index in [0.717, 1.165) is 11.1 Å². The average Bonchev–Trinajstić information content (AvgIpc) is 2.61. The summed E-state index contributed by atoms with van der Waals surface area (Å²) in [4.78, 5) is 7.94. The van der Waals surface area contributed by atoms with Gasteiger partial charge in [-0.05, 0) is 17.9 Å². The summed E-state index contributed by atoms with van der Waals surface area (Å²) in [5, 5.41) is 27.1. The van der Waals surface area contributed by atoms with Crippen molar-refractivity contribution in [1.29, 1.82) is 0 Å². The van der Waals surface area contributed by atoms with Crippen molar-refractivity contribution < 1.29 is 24.6 Å². The number of rotatable bonds is 5. The van der Waals surface area contributed by atoms with Crippen LogP contribution in [0.5, 0.6) is 17.5 Å². The van der Waals surface area contributed by atoms with Crippen LogP contribution in [0.4, 0.5) is 0 Å². The number of hydrogen-bond acceptors (Lipinski definition) is 7. The smallest absolute Gasteiger partial charge is 0.490 e. The van der Waals surface area contributed by atoms with E-state index in [-0.39, 0.29) is 11.7 Å². The van der Waals surface area contributed by atoms with Gasteiger partial charge in [0.05, 0.1) is 20.4 Å². The summed E-state index contributed by atoms with van der Waals surface area (Å²) in [6.45, 7) is 8.04. The molecule has 0 aromatic carbocycles. The van der Waals surface area contributed by atoms with Crippen LogP contribution < -0.4 is 14.9 Å². The minimum absolute atomic E-state index is 0.180. The molecular weight excluding hydrogens is 335 g/mol. The van der Waals surface area contributed by atoms with Crippen LogP contribution in [0.15, 0.2) is 24.5 Å². The minimum atomic E-state index is -1.48. The van der Waals surface area contributed by atoms with Crippen molar-refractivity contribution in [3.05, 3.63) is 35.7 Å². The Morgan fingerprint density at radius 2 is 1.31 bits per heavy atom. The van der Waals surface area contributed by atoms with E-state index in [1.54, 1.807) is 26.4 Å². The Hall–Kier alpha value is -2.32. The van der Waals surface area contributed by atoms with Crippen molar-refractivity contribution in [2.24, 2.45) is 0 Å². The van der Waals surface area contributed by atoms with Crippen LogP contribution in [0.2, 0.25) is 0 Å². The second-order valence-electron chi connectivity index (χ2n) is 6.34. The number of ether oxygens (including phenoxy) is 2. The molecule has 0 saturated heterocycles. The van der Waals surface area contributed by atoms with Gasteiger partial charge in [-0.2, -0.15) is 0 Å². The first-order chi connectivity index (χ1) is 12.2. The van der Waals surface area contributed by atoms with Crippen LogP contribution in [-0.4, -0.2) is 46.5 Å². The zero-order chi connectivity index (χ0) is 19.9. The van der Waals surface area contributed by atoms with Gasteiger partial charge >= 0.3 is 7.12 Å². The van der Waals surface area contributed by atoms with Crippen LogP contribution in [0.25, 0.3) is 0 Å². The Balaban J connectivity index is 0.000000263. The molecule has 2 heterocycles. The van der Waals surface area contributed by atoms with Crippen LogP contribution in [0.1, 0.15) is 50.7 Å². The Bertz CT molecular complexity index is 708. The van der Waals surface area contributed by atoms with E-state index < -0.39 is 7.12 Å². The molecule has 0 aliphatic carbocycles. The molecule has 0 aliphatic rings. The maximum Gasteiger partial charge on any atom is 0.490 e. The maximum atomic E-state index is 9.16. The van der Waals surface area contributed by atoms with E-state index in [1.165, 1.54) is 12.4 Å². The first kappa shape index (κ1) is 21.7. The van der Waals surface area contributed by atoms with Gasteiger partial charge in [0, 0.05) is 22.8 Å². The Kier molecular flexibility index (Phi) is 8.34. The molecule has 0 unspecified atom stereocenters. The molecule has 0 bridgehead atoms. The Labute approximate surface area is 154 Å². The third-order valence-electron chi connectivity index (χ3n) is 3.69. The molecule has 26 heavy (non-hydrogen) atoms. The third-order valence-corrected chi connectivity index (χ3v) is 3.69. The van der Waals surface area contributed by atoms with Crippen LogP contribution >= 0.6 is 0 Å². The lowest BCUT2D eigenvalue weighted by molar-refractivity contribution is 0.386. The molecule has 8 heteroatoms. The number of pyridine rings is 2. The molecule has 0 spiro atoms. The third kappa shape index (κ3) is 5.89. The van der Waals surface area contributed by atoms with Gasteiger partial charge in [0.1, 0.15) is 5.75 Å². The normalized spacial score (nSPS) is 10.4. The summed E-state index contributed by atoms with van der Waals surface area (Å²) in [5.74, 6) is 1.84. The maximum absolute atomic E-state index is 9.16. The minimum Gasteiger partial charge on any atom is -0.506 e. The highest BCUT2D eigenvalue weighted by molar-refractivity contribution is 6.58. The lowest BCUT2D eigenvalue weighted by Gasteiger charge is -2.11. The molecule has 142 valence electrons. The molecule has 0 atom stereocenters. The van der Waals surface area contributed by atoms with E-state index in [2.05, 4.69) is 9.97 Å². The van der Waals surface area contributed by atoms with Gasteiger partial charge in [0.2, 0.25) is 11.8 Å². The zero-order valence-electron chi connectivity index (χ0n) is 16.1. The number of aromatic nitrogens is 2. The van der Waals surface area contributed by atoms with E-state index in [1.807, 2.05) is 27.7 Å². The second-order valence-corrected chi connectivity index (χ2v) is 6.34. The molecular formula is C18H27BN2O5. The molecule has 0 aliphatic heterocycles. The quantitative estimate of drug-likeness (QED) is 0.697. The molecule has 0 amide bonds. The van der Waals surface area contributed by atoms with E-state index >= 15 is 0 Å². The van der Waals surface area contributed by atoms with Gasteiger partial charge < -0.3 is 24.6 Å². The fourth-order valence-electron chi connectivity index (χ4n) is 2.25. The summed E-state index contributed by atoms with van der Waals surface area (Å²) in [7, 11) is 1.64. The van der Waals surface area contributed by atoms with Crippen molar-refractivity contribution in [2.45, 2.75) is 39.5 Å². The molecule has 2 aromatic rings. The SMILES string of the molecule is COc1ncc(B(O)O)cc1C(C)C.COc1ncc(O)cc1C(C)C. The number of aromatic hydroxyl groups is 1. The van der Waals surface area contributed by atoms with Gasteiger partial charge in [0.25, 0.3) is 0 Å². The van der Waals surface area contributed by atoms with Gasteiger partial charge in [0.15, 0.2) is 0 Å². The van der Waals surface area contributed by atoms with Gasteiger partial charge in [-0.15, -0.1) is 0 Å². The van der Waals surface area contributed by atoms with E-state index in [4.69, 9.17) is 24.6 Å². The molecule has 0 saturated carbocycles. The summed E-state index contributed by atoms with van der Waals surface area (Å²) in [6.07, 6.45) is 2.78. The standard InChI is InChI=1S/C9H14BNO3.C9H13NO2/c1-6(2)8-4-7(10(12)13)5-11-9(8)14-3;1-6(2)8-4-7(11)5-10-9(8)12-3/h4-6,12-13H,1-3H3;4-6,11H,1-3H3. The largest absolute Gasteiger partial charge is 0.506 e. The number of hydrogen-bond donors (Lipinski definition) is 3. The summed E-state index contributed by atoms with van der Waals surface area (Å²) >= 11 is 0. The molecule has 7 nitrogen and oxygen atoms in total. The highest BCUT2D eigenvalue weighted by Crippen LogP contribution is 2.26. The van der Waals surface area contributed by atoms with Crippen molar-refractivity contribution in [1.82, 2.24) is 9.97 Å². The average molecular weight is 362 g/mol. The number of nitrogens with zero attached hydrogens (tertiary/aromatic N) is 2. The highest BCUT2D eigenvalue weighted by atomic mass is 16.5. The van der Waals surface area contributed by atoms with Crippen LogP contribution in [0, 0.1) is 0 Å². The Morgan fingerprint density at radius 1 is 0.846 bits per heavy atom. The molecule has 2 aromatic heterocycles. The zero-order valence-corrected chi connectivity index (χ0v) is 16.1. The number of methoxy groups -OCH3 is 2. The fraction of sp³-hybridized carbons (Fsp3) is 0.444. The Morgan fingerprint density at radius 3 is 1.73 bits per heavy atom. The predicted molar refractivity (Wildman–Crippen MR) is 101 cm³/mol. The first-order valence-electron chi connectivity index (χ1n) is 8.34. The topological polar surface area (TPSA) is 105 Å².